The lowest BCUT2D eigenvalue weighted by molar-refractivity contribution is 0.768. The van der Waals surface area contributed by atoms with Crippen molar-refractivity contribution >= 4 is 21.8 Å². The molecule has 3 aromatic heterocycles. The molecule has 0 spiro atoms. The van der Waals surface area contributed by atoms with Gasteiger partial charge in [-0.2, -0.15) is 0 Å². The highest BCUT2D eigenvalue weighted by atomic mass is 14.8. The van der Waals surface area contributed by atoms with E-state index in [1.54, 1.807) is 0 Å². The molecule has 3 nitrogen and oxygen atoms in total. The quantitative estimate of drug-likeness (QED) is 0.174. The Morgan fingerprint density at radius 3 is 1.61 bits per heavy atom. The Labute approximate surface area is 296 Å². The highest BCUT2D eigenvalue weighted by Gasteiger charge is 2.47. The first kappa shape index (κ1) is 29.2. The first-order valence-electron chi connectivity index (χ1n) is 17.4. The van der Waals surface area contributed by atoms with Crippen molar-refractivity contribution in [1.29, 1.82) is 0 Å². The third kappa shape index (κ3) is 4.48. The van der Waals surface area contributed by atoms with Gasteiger partial charge >= 0.3 is 0 Å². The number of benzene rings is 6. The van der Waals surface area contributed by atoms with Gasteiger partial charge in [-0.25, -0.2) is 9.97 Å². The van der Waals surface area contributed by atoms with Crippen LogP contribution < -0.4 is 0 Å². The predicted octanol–water partition coefficient (Wildman–Crippen LogP) is 11.5. The van der Waals surface area contributed by atoms with Crippen molar-refractivity contribution in [3.63, 3.8) is 0 Å². The molecule has 0 aliphatic heterocycles. The lowest BCUT2D eigenvalue weighted by Crippen LogP contribution is -2.28. The molecule has 0 fully saturated rings. The van der Waals surface area contributed by atoms with Crippen molar-refractivity contribution in [2.24, 2.45) is 0 Å². The lowest BCUT2D eigenvalue weighted by Gasteiger charge is -2.34. The molecule has 3 heteroatoms. The molecule has 0 amide bonds. The second-order valence-corrected chi connectivity index (χ2v) is 13.1. The molecule has 1 aliphatic carbocycles. The zero-order valence-electron chi connectivity index (χ0n) is 27.7. The van der Waals surface area contributed by atoms with Crippen LogP contribution in [0, 0.1) is 0 Å². The fourth-order valence-corrected chi connectivity index (χ4v) is 8.24. The topological polar surface area (TPSA) is 38.7 Å². The van der Waals surface area contributed by atoms with Crippen LogP contribution in [0.4, 0.5) is 0 Å². The van der Waals surface area contributed by atoms with Crippen molar-refractivity contribution in [1.82, 2.24) is 15.0 Å². The molecule has 0 saturated heterocycles. The lowest BCUT2D eigenvalue weighted by atomic mass is 9.67. The smallest absolute Gasteiger partial charge is 0.0972 e. The van der Waals surface area contributed by atoms with Gasteiger partial charge in [-0.3, -0.25) is 4.98 Å². The zero-order chi connectivity index (χ0) is 33.8. The summed E-state index contributed by atoms with van der Waals surface area (Å²) in [6.45, 7) is 0. The Hall–Kier alpha value is -6.71. The average Bonchev–Trinajstić information content (AvgIpc) is 3.52. The van der Waals surface area contributed by atoms with Crippen LogP contribution in [0.1, 0.15) is 22.3 Å². The molecule has 0 bridgehead atoms. The van der Waals surface area contributed by atoms with Gasteiger partial charge in [0.05, 0.1) is 27.8 Å². The maximum absolute atomic E-state index is 5.45. The molecule has 1 aliphatic rings. The normalized spacial score (nSPS) is 12.9. The van der Waals surface area contributed by atoms with Gasteiger partial charge in [-0.1, -0.05) is 158 Å². The summed E-state index contributed by atoms with van der Waals surface area (Å²) < 4.78 is 0. The third-order valence-corrected chi connectivity index (χ3v) is 10.4. The van der Waals surface area contributed by atoms with E-state index < -0.39 is 5.41 Å². The van der Waals surface area contributed by atoms with Crippen LogP contribution in [0.2, 0.25) is 0 Å². The van der Waals surface area contributed by atoms with Crippen molar-refractivity contribution < 1.29 is 0 Å². The Balaban J connectivity index is 1.28. The van der Waals surface area contributed by atoms with E-state index in [9.17, 15) is 0 Å². The number of hydrogen-bond donors (Lipinski definition) is 0. The minimum atomic E-state index is -0.505. The van der Waals surface area contributed by atoms with Crippen LogP contribution in [-0.2, 0) is 5.41 Å². The molecule has 10 rings (SSSR count). The third-order valence-electron chi connectivity index (χ3n) is 10.4. The van der Waals surface area contributed by atoms with Crippen molar-refractivity contribution in [3.8, 4) is 44.8 Å². The summed E-state index contributed by atoms with van der Waals surface area (Å²) in [5, 5.41) is 2.13. The van der Waals surface area contributed by atoms with Gasteiger partial charge in [-0.05, 0) is 51.6 Å². The van der Waals surface area contributed by atoms with E-state index in [1.807, 2.05) is 24.5 Å². The van der Waals surface area contributed by atoms with Crippen LogP contribution in [0.25, 0.3) is 66.6 Å². The van der Waals surface area contributed by atoms with E-state index >= 15 is 0 Å². The standard InChI is InChI=1S/C48H31N3/c1-4-13-32(14-5-1)42-28-24-33-22-23-34-25-29-43(51-47(34)46(33)50-42)39-26-27-41-45(44(39)35-15-12-30-49-31-35)38-20-10-11-21-40(38)48(41,36-16-6-2-7-17-36)37-18-8-3-9-19-37/h1-31H. The molecule has 0 atom stereocenters. The Bertz CT molecular complexity index is 2680. The first-order chi connectivity index (χ1) is 25.3. The van der Waals surface area contributed by atoms with Crippen LogP contribution in [0.15, 0.2) is 188 Å². The monoisotopic (exact) mass is 649 g/mol. The molecule has 6 aromatic carbocycles. The molecule has 0 radical (unpaired) electrons. The minimum absolute atomic E-state index is 0.505. The van der Waals surface area contributed by atoms with Gasteiger partial charge in [0.2, 0.25) is 0 Å². The summed E-state index contributed by atoms with van der Waals surface area (Å²) in [7, 11) is 0. The Morgan fingerprint density at radius 2 is 0.941 bits per heavy atom. The van der Waals surface area contributed by atoms with Crippen LogP contribution in [0.5, 0.6) is 0 Å². The van der Waals surface area contributed by atoms with Gasteiger partial charge in [-0.15, -0.1) is 0 Å². The van der Waals surface area contributed by atoms with E-state index in [1.165, 1.54) is 33.4 Å². The van der Waals surface area contributed by atoms with Gasteiger partial charge in [0, 0.05) is 45.4 Å². The predicted molar refractivity (Wildman–Crippen MR) is 208 cm³/mol. The maximum Gasteiger partial charge on any atom is 0.0972 e. The van der Waals surface area contributed by atoms with E-state index in [4.69, 9.17) is 9.97 Å². The van der Waals surface area contributed by atoms with Gasteiger partial charge in [0.1, 0.15) is 0 Å². The van der Waals surface area contributed by atoms with Crippen LogP contribution in [0.3, 0.4) is 0 Å². The fourth-order valence-electron chi connectivity index (χ4n) is 8.24. The SMILES string of the molecule is c1ccc(-c2ccc3ccc4ccc(-c5ccc6c(c5-c5cccnc5)-c5ccccc5C6(c5ccccc5)c5ccccc5)nc4c3n2)cc1. The fraction of sp³-hybridized carbons (Fsp3) is 0.0208. The largest absolute Gasteiger partial charge is 0.264 e. The minimum Gasteiger partial charge on any atom is -0.264 e. The molecule has 9 aromatic rings. The number of fused-ring (bicyclic) bond motifs is 6. The number of nitrogens with zero attached hydrogens (tertiary/aromatic N) is 3. The summed E-state index contributed by atoms with van der Waals surface area (Å²) in [6, 6.07) is 62.8. The van der Waals surface area contributed by atoms with E-state index in [0.717, 1.165) is 55.4 Å². The molecular formula is C48H31N3. The van der Waals surface area contributed by atoms with Crippen molar-refractivity contribution in [2.75, 3.05) is 0 Å². The number of pyridine rings is 3. The van der Waals surface area contributed by atoms with Crippen molar-refractivity contribution in [2.45, 2.75) is 5.41 Å². The number of rotatable bonds is 5. The van der Waals surface area contributed by atoms with Crippen LogP contribution >= 0.6 is 0 Å². The van der Waals surface area contributed by atoms with Gasteiger partial charge < -0.3 is 0 Å². The van der Waals surface area contributed by atoms with Crippen molar-refractivity contribution in [3.05, 3.63) is 211 Å². The number of hydrogen-bond acceptors (Lipinski definition) is 3. The average molecular weight is 650 g/mol. The maximum atomic E-state index is 5.45. The zero-order valence-corrected chi connectivity index (χ0v) is 27.7. The second-order valence-electron chi connectivity index (χ2n) is 13.1. The van der Waals surface area contributed by atoms with Gasteiger partial charge in [0.25, 0.3) is 0 Å². The first-order valence-corrected chi connectivity index (χ1v) is 17.4. The molecule has 0 saturated carbocycles. The molecule has 238 valence electrons. The molecule has 51 heavy (non-hydrogen) atoms. The highest BCUT2D eigenvalue weighted by molar-refractivity contribution is 6.06. The van der Waals surface area contributed by atoms with Gasteiger partial charge in [0.15, 0.2) is 0 Å². The van der Waals surface area contributed by atoms with E-state index in [0.29, 0.717) is 0 Å². The molecule has 0 unspecified atom stereocenters. The summed E-state index contributed by atoms with van der Waals surface area (Å²) >= 11 is 0. The summed E-state index contributed by atoms with van der Waals surface area (Å²) in [6.07, 6.45) is 3.83. The second kappa shape index (κ2) is 11.7. The Kier molecular flexibility index (Phi) is 6.71. The molecular weight excluding hydrogens is 619 g/mol. The summed E-state index contributed by atoms with van der Waals surface area (Å²) in [4.78, 5) is 15.3. The molecule has 3 heterocycles. The Morgan fingerprint density at radius 1 is 0.373 bits per heavy atom. The highest BCUT2D eigenvalue weighted by Crippen LogP contribution is 2.59. The van der Waals surface area contributed by atoms with Crippen LogP contribution in [-0.4, -0.2) is 15.0 Å². The van der Waals surface area contributed by atoms with E-state index in [-0.39, 0.29) is 0 Å². The number of aromatic nitrogens is 3. The summed E-state index contributed by atoms with van der Waals surface area (Å²) in [5.74, 6) is 0. The summed E-state index contributed by atoms with van der Waals surface area (Å²) in [5.41, 5.74) is 14.9. The molecule has 0 N–H and O–H groups in total. The van der Waals surface area contributed by atoms with E-state index in [2.05, 4.69) is 169 Å².